The van der Waals surface area contributed by atoms with Crippen LogP contribution in [0.15, 0.2) is 10.5 Å². The second kappa shape index (κ2) is 7.89. The molecule has 0 unspecified atom stereocenters. The van der Waals surface area contributed by atoms with Gasteiger partial charge in [-0.25, -0.2) is 4.79 Å². The Morgan fingerprint density at radius 1 is 1.44 bits per heavy atom. The summed E-state index contributed by atoms with van der Waals surface area (Å²) in [6.07, 6.45) is 3.30. The molecule has 5 heteroatoms. The largest absolute Gasteiger partial charge is 0.475 e. The Bertz CT molecular complexity index is 373. The summed E-state index contributed by atoms with van der Waals surface area (Å²) in [5.74, 6) is -0.354. The lowest BCUT2D eigenvalue weighted by Gasteiger charge is -2.03. The number of hydrogen-bond acceptors (Lipinski definition) is 4. The highest BCUT2D eigenvalue weighted by molar-refractivity contribution is 5.84. The predicted molar refractivity (Wildman–Crippen MR) is 67.8 cm³/mol. The molecule has 0 radical (unpaired) electrons. The van der Waals surface area contributed by atoms with Crippen molar-refractivity contribution >= 4 is 5.97 Å². The zero-order valence-corrected chi connectivity index (χ0v) is 11.0. The van der Waals surface area contributed by atoms with Gasteiger partial charge in [0.2, 0.25) is 5.76 Å². The van der Waals surface area contributed by atoms with Gasteiger partial charge in [-0.15, -0.1) is 0 Å². The maximum atomic E-state index is 10.7. The highest BCUT2D eigenvalue weighted by Crippen LogP contribution is 2.14. The first-order valence-corrected chi connectivity index (χ1v) is 6.17. The minimum absolute atomic E-state index is 0.00407. The van der Waals surface area contributed by atoms with E-state index in [4.69, 9.17) is 14.3 Å². The summed E-state index contributed by atoms with van der Waals surface area (Å²) >= 11 is 0. The Kier molecular flexibility index (Phi) is 6.46. The molecule has 0 aliphatic rings. The van der Waals surface area contributed by atoms with Gasteiger partial charge in [0.05, 0.1) is 0 Å². The molecule has 102 valence electrons. The second-order valence-electron chi connectivity index (χ2n) is 4.23. The Balaban J connectivity index is 2.21. The predicted octanol–water partition coefficient (Wildman–Crippen LogP) is 2.19. The molecule has 2 N–H and O–H groups in total. The summed E-state index contributed by atoms with van der Waals surface area (Å²) in [6.45, 7) is 4.15. The molecule has 1 rings (SSSR count). The van der Waals surface area contributed by atoms with E-state index in [1.165, 1.54) is 0 Å². The van der Waals surface area contributed by atoms with Crippen LogP contribution in [0.4, 0.5) is 0 Å². The number of nitrogens with one attached hydrogen (secondary N) is 1. The van der Waals surface area contributed by atoms with Crippen molar-refractivity contribution in [1.82, 2.24) is 5.32 Å². The molecule has 0 fully saturated rings. The van der Waals surface area contributed by atoms with Crippen LogP contribution >= 0.6 is 0 Å². The summed E-state index contributed by atoms with van der Waals surface area (Å²) in [5.41, 5.74) is 0.907. The topological polar surface area (TPSA) is 71.7 Å². The van der Waals surface area contributed by atoms with Crippen LogP contribution in [0.3, 0.4) is 0 Å². The molecule has 0 spiro atoms. The maximum absolute atomic E-state index is 10.7. The van der Waals surface area contributed by atoms with E-state index in [0.717, 1.165) is 38.0 Å². The summed E-state index contributed by atoms with van der Waals surface area (Å²) in [4.78, 5) is 10.7. The monoisotopic (exact) mass is 255 g/mol. The van der Waals surface area contributed by atoms with E-state index in [1.54, 1.807) is 20.1 Å². The SMILES string of the molecule is COCCCCCNCc1cc(C(=O)O)oc1C. The molecule has 0 aliphatic carbocycles. The van der Waals surface area contributed by atoms with Gasteiger partial charge in [-0.05, 0) is 38.8 Å². The number of ether oxygens (including phenoxy) is 1. The quantitative estimate of drug-likeness (QED) is 0.662. The molecule has 0 atom stereocenters. The van der Waals surface area contributed by atoms with Crippen molar-refractivity contribution in [3.8, 4) is 0 Å². The van der Waals surface area contributed by atoms with Crippen LogP contribution in [-0.4, -0.2) is 31.3 Å². The van der Waals surface area contributed by atoms with Gasteiger partial charge >= 0.3 is 5.97 Å². The number of rotatable bonds is 9. The zero-order valence-electron chi connectivity index (χ0n) is 11.0. The number of carboxylic acids is 1. The standard InChI is InChI=1S/C13H21NO4/c1-10-11(8-12(18-10)13(15)16)9-14-6-4-3-5-7-17-2/h8,14H,3-7,9H2,1-2H3,(H,15,16). The smallest absolute Gasteiger partial charge is 0.371 e. The minimum Gasteiger partial charge on any atom is -0.475 e. The third kappa shape index (κ3) is 4.89. The summed E-state index contributed by atoms with van der Waals surface area (Å²) in [6, 6.07) is 1.58. The van der Waals surface area contributed by atoms with Gasteiger partial charge in [0, 0.05) is 25.8 Å². The van der Waals surface area contributed by atoms with Crippen LogP contribution in [0.5, 0.6) is 0 Å². The van der Waals surface area contributed by atoms with Gasteiger partial charge in [0.15, 0.2) is 0 Å². The maximum Gasteiger partial charge on any atom is 0.371 e. The molecular weight excluding hydrogens is 234 g/mol. The van der Waals surface area contributed by atoms with Crippen LogP contribution in [0.25, 0.3) is 0 Å². The van der Waals surface area contributed by atoms with E-state index < -0.39 is 5.97 Å². The lowest BCUT2D eigenvalue weighted by Crippen LogP contribution is -2.14. The van der Waals surface area contributed by atoms with E-state index in [-0.39, 0.29) is 5.76 Å². The summed E-state index contributed by atoms with van der Waals surface area (Å²) < 4.78 is 10.1. The van der Waals surface area contributed by atoms with Crippen molar-refractivity contribution in [3.05, 3.63) is 23.2 Å². The highest BCUT2D eigenvalue weighted by Gasteiger charge is 2.12. The number of unbranched alkanes of at least 4 members (excludes halogenated alkanes) is 2. The number of furan rings is 1. The molecule has 0 saturated heterocycles. The lowest BCUT2D eigenvalue weighted by atomic mass is 10.2. The molecule has 0 aromatic carbocycles. The van der Waals surface area contributed by atoms with Crippen LogP contribution in [0, 0.1) is 6.92 Å². The first-order valence-electron chi connectivity index (χ1n) is 6.17. The normalized spacial score (nSPS) is 10.8. The first kappa shape index (κ1) is 14.7. The first-order chi connectivity index (χ1) is 8.65. The Morgan fingerprint density at radius 2 is 2.22 bits per heavy atom. The van der Waals surface area contributed by atoms with Gasteiger partial charge in [0.1, 0.15) is 5.76 Å². The molecule has 18 heavy (non-hydrogen) atoms. The number of methoxy groups -OCH3 is 1. The number of hydrogen-bond donors (Lipinski definition) is 2. The molecule has 0 saturated carbocycles. The highest BCUT2D eigenvalue weighted by atomic mass is 16.5. The molecule has 1 heterocycles. The molecular formula is C13H21NO4. The summed E-state index contributed by atoms with van der Waals surface area (Å²) in [5, 5.41) is 12.1. The van der Waals surface area contributed by atoms with Crippen LogP contribution in [0.2, 0.25) is 0 Å². The number of carbonyl (C=O) groups is 1. The van der Waals surface area contributed by atoms with E-state index >= 15 is 0 Å². The Labute approximate surface area is 107 Å². The van der Waals surface area contributed by atoms with Crippen molar-refractivity contribution in [2.24, 2.45) is 0 Å². The fourth-order valence-electron chi connectivity index (χ4n) is 1.70. The van der Waals surface area contributed by atoms with Crippen molar-refractivity contribution < 1.29 is 19.1 Å². The van der Waals surface area contributed by atoms with Gasteiger partial charge < -0.3 is 19.6 Å². The van der Waals surface area contributed by atoms with Crippen molar-refractivity contribution in [3.63, 3.8) is 0 Å². The van der Waals surface area contributed by atoms with Crippen molar-refractivity contribution in [1.29, 1.82) is 0 Å². The van der Waals surface area contributed by atoms with Crippen molar-refractivity contribution in [2.75, 3.05) is 20.3 Å². The van der Waals surface area contributed by atoms with E-state index in [0.29, 0.717) is 12.3 Å². The Hall–Kier alpha value is -1.33. The minimum atomic E-state index is -1.02. The molecule has 5 nitrogen and oxygen atoms in total. The zero-order chi connectivity index (χ0) is 13.4. The fourth-order valence-corrected chi connectivity index (χ4v) is 1.70. The second-order valence-corrected chi connectivity index (χ2v) is 4.23. The molecule has 1 aromatic rings. The number of aryl methyl sites for hydroxylation is 1. The van der Waals surface area contributed by atoms with Crippen LogP contribution in [-0.2, 0) is 11.3 Å². The molecule has 0 aliphatic heterocycles. The van der Waals surface area contributed by atoms with Gasteiger partial charge in [-0.3, -0.25) is 0 Å². The third-order valence-corrected chi connectivity index (χ3v) is 2.75. The van der Waals surface area contributed by atoms with Gasteiger partial charge in [-0.2, -0.15) is 0 Å². The van der Waals surface area contributed by atoms with Crippen molar-refractivity contribution in [2.45, 2.75) is 32.7 Å². The third-order valence-electron chi connectivity index (χ3n) is 2.75. The lowest BCUT2D eigenvalue weighted by molar-refractivity contribution is 0.0661. The van der Waals surface area contributed by atoms with Crippen LogP contribution < -0.4 is 5.32 Å². The summed E-state index contributed by atoms with van der Waals surface area (Å²) in [7, 11) is 1.71. The molecule has 0 bridgehead atoms. The Morgan fingerprint density at radius 3 is 2.83 bits per heavy atom. The van der Waals surface area contributed by atoms with E-state index in [9.17, 15) is 4.79 Å². The fraction of sp³-hybridized carbons (Fsp3) is 0.615. The average Bonchev–Trinajstić information content (AvgIpc) is 2.70. The van der Waals surface area contributed by atoms with E-state index in [1.807, 2.05) is 0 Å². The van der Waals surface area contributed by atoms with E-state index in [2.05, 4.69) is 5.32 Å². The molecule has 0 amide bonds. The average molecular weight is 255 g/mol. The number of carboxylic acid groups (broad SMARTS) is 1. The van der Waals surface area contributed by atoms with Crippen LogP contribution in [0.1, 0.15) is 41.1 Å². The number of aromatic carboxylic acids is 1. The van der Waals surface area contributed by atoms with Gasteiger partial charge in [0.25, 0.3) is 0 Å². The van der Waals surface area contributed by atoms with Gasteiger partial charge in [-0.1, -0.05) is 0 Å². The molecule has 1 aromatic heterocycles.